The Morgan fingerprint density at radius 1 is 1.33 bits per heavy atom. The predicted octanol–water partition coefficient (Wildman–Crippen LogP) is 2.80. The van der Waals surface area contributed by atoms with Gasteiger partial charge < -0.3 is 10.6 Å². The molecule has 0 radical (unpaired) electrons. The first kappa shape index (κ1) is 15.3. The topological polar surface area (TPSA) is 66.9 Å². The Bertz CT molecular complexity index is 628. The van der Waals surface area contributed by atoms with Gasteiger partial charge >= 0.3 is 0 Å². The molecule has 0 spiro atoms. The maximum absolute atomic E-state index is 12.1. The number of aromatic nitrogens is 2. The van der Waals surface area contributed by atoms with E-state index in [9.17, 15) is 4.79 Å². The second kappa shape index (κ2) is 7.04. The van der Waals surface area contributed by atoms with Crippen LogP contribution in [-0.4, -0.2) is 22.4 Å². The molecule has 1 amide bonds. The lowest BCUT2D eigenvalue weighted by Gasteiger charge is -2.08. The van der Waals surface area contributed by atoms with E-state index in [0.29, 0.717) is 24.5 Å². The number of hydrogen-bond donors (Lipinski definition) is 2. The van der Waals surface area contributed by atoms with Crippen molar-refractivity contribution in [3.05, 3.63) is 52.4 Å². The number of anilines is 1. The number of carbonyl (C=O) groups is 1. The molecule has 0 fully saturated rings. The van der Waals surface area contributed by atoms with E-state index in [2.05, 4.69) is 20.6 Å². The number of pyridine rings is 2. The van der Waals surface area contributed by atoms with Gasteiger partial charge in [0.1, 0.15) is 11.0 Å². The molecule has 110 valence electrons. The van der Waals surface area contributed by atoms with Crippen LogP contribution in [0.15, 0.2) is 30.5 Å². The highest BCUT2D eigenvalue weighted by Gasteiger charge is 2.09. The SMILES string of the molecule is CCNc1cc(C(=O)NCc2ccc(C)nc2)cc(Cl)n1. The third-order valence-corrected chi connectivity index (χ3v) is 3.03. The lowest BCUT2D eigenvalue weighted by Crippen LogP contribution is -2.23. The van der Waals surface area contributed by atoms with Crippen molar-refractivity contribution in [1.82, 2.24) is 15.3 Å². The lowest BCUT2D eigenvalue weighted by molar-refractivity contribution is 0.0951. The summed E-state index contributed by atoms with van der Waals surface area (Å²) >= 11 is 5.92. The van der Waals surface area contributed by atoms with E-state index < -0.39 is 0 Å². The molecule has 0 atom stereocenters. The number of nitrogens with zero attached hydrogens (tertiary/aromatic N) is 2. The van der Waals surface area contributed by atoms with Gasteiger partial charge in [-0.05, 0) is 37.6 Å². The molecule has 2 aromatic heterocycles. The molecule has 0 aliphatic heterocycles. The van der Waals surface area contributed by atoms with Crippen LogP contribution in [0.5, 0.6) is 0 Å². The highest BCUT2D eigenvalue weighted by molar-refractivity contribution is 6.29. The first-order valence-corrected chi connectivity index (χ1v) is 7.07. The Labute approximate surface area is 128 Å². The summed E-state index contributed by atoms with van der Waals surface area (Å²) < 4.78 is 0. The van der Waals surface area contributed by atoms with Crippen LogP contribution in [0.1, 0.15) is 28.5 Å². The Balaban J connectivity index is 2.04. The number of halogens is 1. The first-order chi connectivity index (χ1) is 10.1. The minimum absolute atomic E-state index is 0.195. The monoisotopic (exact) mass is 304 g/mol. The summed E-state index contributed by atoms with van der Waals surface area (Å²) in [4.78, 5) is 20.4. The standard InChI is InChI=1S/C15H17ClN4O/c1-3-17-14-7-12(6-13(16)20-14)15(21)19-9-11-5-4-10(2)18-8-11/h4-8H,3,9H2,1-2H3,(H,17,20)(H,19,21). The molecule has 0 bridgehead atoms. The van der Waals surface area contributed by atoms with Crippen molar-refractivity contribution in [3.8, 4) is 0 Å². The fourth-order valence-electron chi connectivity index (χ4n) is 1.79. The zero-order valence-electron chi connectivity index (χ0n) is 12.0. The maximum atomic E-state index is 12.1. The van der Waals surface area contributed by atoms with Gasteiger partial charge in [0.05, 0.1) is 0 Å². The van der Waals surface area contributed by atoms with Gasteiger partial charge in [-0.3, -0.25) is 9.78 Å². The molecule has 2 heterocycles. The largest absolute Gasteiger partial charge is 0.370 e. The molecule has 0 aliphatic carbocycles. The fraction of sp³-hybridized carbons (Fsp3) is 0.267. The van der Waals surface area contributed by atoms with Gasteiger partial charge in [-0.25, -0.2) is 4.98 Å². The summed E-state index contributed by atoms with van der Waals surface area (Å²) in [5.41, 5.74) is 2.37. The zero-order valence-corrected chi connectivity index (χ0v) is 12.7. The van der Waals surface area contributed by atoms with Crippen LogP contribution >= 0.6 is 11.6 Å². The maximum Gasteiger partial charge on any atom is 0.251 e. The van der Waals surface area contributed by atoms with E-state index in [0.717, 1.165) is 11.3 Å². The van der Waals surface area contributed by atoms with Crippen molar-refractivity contribution in [3.63, 3.8) is 0 Å². The number of aryl methyl sites for hydroxylation is 1. The minimum atomic E-state index is -0.195. The van der Waals surface area contributed by atoms with Crippen molar-refractivity contribution < 1.29 is 4.79 Å². The Hall–Kier alpha value is -2.14. The highest BCUT2D eigenvalue weighted by Crippen LogP contribution is 2.14. The van der Waals surface area contributed by atoms with E-state index >= 15 is 0 Å². The molecule has 2 rings (SSSR count). The molecule has 6 heteroatoms. The number of hydrogen-bond acceptors (Lipinski definition) is 4. The molecule has 21 heavy (non-hydrogen) atoms. The van der Waals surface area contributed by atoms with Crippen LogP contribution in [0.3, 0.4) is 0 Å². The Morgan fingerprint density at radius 2 is 2.14 bits per heavy atom. The Kier molecular flexibility index (Phi) is 5.11. The highest BCUT2D eigenvalue weighted by atomic mass is 35.5. The molecular weight excluding hydrogens is 288 g/mol. The van der Waals surface area contributed by atoms with Crippen molar-refractivity contribution in [2.45, 2.75) is 20.4 Å². The van der Waals surface area contributed by atoms with Crippen LogP contribution in [0.4, 0.5) is 5.82 Å². The van der Waals surface area contributed by atoms with Crippen LogP contribution in [-0.2, 0) is 6.54 Å². The summed E-state index contributed by atoms with van der Waals surface area (Å²) in [6, 6.07) is 7.07. The lowest BCUT2D eigenvalue weighted by atomic mass is 10.2. The molecule has 0 saturated heterocycles. The average Bonchev–Trinajstić information content (AvgIpc) is 2.46. The quantitative estimate of drug-likeness (QED) is 0.834. The number of rotatable bonds is 5. The van der Waals surface area contributed by atoms with Gasteiger partial charge in [0, 0.05) is 30.5 Å². The Morgan fingerprint density at radius 3 is 2.81 bits per heavy atom. The molecule has 0 aromatic carbocycles. The van der Waals surface area contributed by atoms with Gasteiger partial charge in [0.2, 0.25) is 0 Å². The van der Waals surface area contributed by atoms with E-state index in [4.69, 9.17) is 11.6 Å². The molecule has 0 unspecified atom stereocenters. The molecular formula is C15H17ClN4O. The molecule has 5 nitrogen and oxygen atoms in total. The second-order valence-electron chi connectivity index (χ2n) is 4.58. The van der Waals surface area contributed by atoms with Crippen LogP contribution in [0.2, 0.25) is 5.15 Å². The first-order valence-electron chi connectivity index (χ1n) is 6.69. The smallest absolute Gasteiger partial charge is 0.251 e. The van der Waals surface area contributed by atoms with Crippen molar-refractivity contribution in [2.75, 3.05) is 11.9 Å². The van der Waals surface area contributed by atoms with E-state index in [1.54, 1.807) is 18.3 Å². The summed E-state index contributed by atoms with van der Waals surface area (Å²) in [6.45, 7) is 5.00. The molecule has 2 N–H and O–H groups in total. The number of nitrogens with one attached hydrogen (secondary N) is 2. The molecule has 2 aromatic rings. The molecule has 0 aliphatic rings. The fourth-order valence-corrected chi connectivity index (χ4v) is 2.00. The summed E-state index contributed by atoms with van der Waals surface area (Å²) in [5, 5.41) is 6.16. The summed E-state index contributed by atoms with van der Waals surface area (Å²) in [6.07, 6.45) is 1.75. The normalized spacial score (nSPS) is 10.2. The predicted molar refractivity (Wildman–Crippen MR) is 83.6 cm³/mol. The zero-order chi connectivity index (χ0) is 15.2. The summed E-state index contributed by atoms with van der Waals surface area (Å²) in [7, 11) is 0. The van der Waals surface area contributed by atoms with Gasteiger partial charge in [-0.1, -0.05) is 17.7 Å². The number of amides is 1. The van der Waals surface area contributed by atoms with Gasteiger partial charge in [-0.2, -0.15) is 0 Å². The van der Waals surface area contributed by atoms with Gasteiger partial charge in [-0.15, -0.1) is 0 Å². The second-order valence-corrected chi connectivity index (χ2v) is 4.97. The van der Waals surface area contributed by atoms with Crippen LogP contribution < -0.4 is 10.6 Å². The van der Waals surface area contributed by atoms with E-state index in [-0.39, 0.29) is 11.1 Å². The van der Waals surface area contributed by atoms with E-state index in [1.165, 1.54) is 0 Å². The van der Waals surface area contributed by atoms with Gasteiger partial charge in [0.15, 0.2) is 0 Å². The third kappa shape index (κ3) is 4.43. The van der Waals surface area contributed by atoms with Crippen molar-refractivity contribution in [1.29, 1.82) is 0 Å². The summed E-state index contributed by atoms with van der Waals surface area (Å²) in [5.74, 6) is 0.395. The third-order valence-electron chi connectivity index (χ3n) is 2.84. The van der Waals surface area contributed by atoms with Crippen molar-refractivity contribution >= 4 is 23.3 Å². The van der Waals surface area contributed by atoms with Crippen molar-refractivity contribution in [2.24, 2.45) is 0 Å². The van der Waals surface area contributed by atoms with Crippen LogP contribution in [0, 0.1) is 6.92 Å². The minimum Gasteiger partial charge on any atom is -0.370 e. The molecule has 0 saturated carbocycles. The van der Waals surface area contributed by atoms with Crippen LogP contribution in [0.25, 0.3) is 0 Å². The van der Waals surface area contributed by atoms with Gasteiger partial charge in [0.25, 0.3) is 5.91 Å². The number of carbonyl (C=O) groups excluding carboxylic acids is 1. The van der Waals surface area contributed by atoms with E-state index in [1.807, 2.05) is 26.0 Å². The average molecular weight is 305 g/mol.